The second-order valence-corrected chi connectivity index (χ2v) is 6.30. The number of benzene rings is 1. The van der Waals surface area contributed by atoms with Crippen LogP contribution in [-0.2, 0) is 9.84 Å². The zero-order valence-corrected chi connectivity index (χ0v) is 11.2. The molecular weight excluding hydrogens is 248 g/mol. The standard InChI is InChI=1S/C13H16N2O2S/c1-11(14-15-9-3-4-10-15)12-5-7-13(8-6-12)18(2,16)17/h3-11,14H,1-2H3. The molecule has 0 aliphatic heterocycles. The van der Waals surface area contributed by atoms with Gasteiger partial charge in [0.25, 0.3) is 0 Å². The number of nitrogens with zero attached hydrogens (tertiary/aromatic N) is 1. The molecule has 5 heteroatoms. The quantitative estimate of drug-likeness (QED) is 0.921. The highest BCUT2D eigenvalue weighted by Gasteiger charge is 2.09. The van der Waals surface area contributed by atoms with Gasteiger partial charge in [0.1, 0.15) is 0 Å². The van der Waals surface area contributed by atoms with Crippen molar-refractivity contribution in [2.45, 2.75) is 17.9 Å². The molecule has 1 unspecified atom stereocenters. The number of nitrogens with one attached hydrogen (secondary N) is 1. The Morgan fingerprint density at radius 2 is 1.67 bits per heavy atom. The van der Waals surface area contributed by atoms with Crippen molar-refractivity contribution in [2.24, 2.45) is 0 Å². The Labute approximate surface area is 107 Å². The predicted octanol–water partition coefficient (Wildman–Crippen LogP) is 2.20. The zero-order valence-electron chi connectivity index (χ0n) is 10.4. The first-order chi connectivity index (χ1) is 8.47. The Morgan fingerprint density at radius 1 is 1.11 bits per heavy atom. The average Bonchev–Trinajstić information content (AvgIpc) is 2.81. The Balaban J connectivity index is 2.14. The summed E-state index contributed by atoms with van der Waals surface area (Å²) in [7, 11) is -3.12. The lowest BCUT2D eigenvalue weighted by molar-refractivity contribution is 0.601. The van der Waals surface area contributed by atoms with Crippen molar-refractivity contribution in [3.8, 4) is 0 Å². The third kappa shape index (κ3) is 2.92. The van der Waals surface area contributed by atoms with E-state index in [9.17, 15) is 8.42 Å². The Hall–Kier alpha value is -1.75. The van der Waals surface area contributed by atoms with E-state index in [0.29, 0.717) is 4.90 Å². The molecule has 0 saturated heterocycles. The molecule has 2 rings (SSSR count). The Morgan fingerprint density at radius 3 is 2.17 bits per heavy atom. The molecule has 0 amide bonds. The van der Waals surface area contributed by atoms with Crippen molar-refractivity contribution in [3.05, 3.63) is 54.4 Å². The molecule has 18 heavy (non-hydrogen) atoms. The number of hydrogen-bond acceptors (Lipinski definition) is 3. The lowest BCUT2D eigenvalue weighted by Crippen LogP contribution is -2.16. The van der Waals surface area contributed by atoms with Crippen LogP contribution >= 0.6 is 0 Å². The molecule has 1 aromatic heterocycles. The first kappa shape index (κ1) is 12.7. The van der Waals surface area contributed by atoms with Crippen LogP contribution in [0.5, 0.6) is 0 Å². The fourth-order valence-electron chi connectivity index (χ4n) is 1.72. The van der Waals surface area contributed by atoms with Gasteiger partial charge >= 0.3 is 0 Å². The molecule has 0 radical (unpaired) electrons. The molecule has 1 N–H and O–H groups in total. The largest absolute Gasteiger partial charge is 0.319 e. The summed E-state index contributed by atoms with van der Waals surface area (Å²) in [5, 5.41) is 0. The van der Waals surface area contributed by atoms with Gasteiger partial charge in [-0.3, -0.25) is 4.68 Å². The van der Waals surface area contributed by atoms with Crippen molar-refractivity contribution in [1.29, 1.82) is 0 Å². The maximum absolute atomic E-state index is 11.4. The van der Waals surface area contributed by atoms with E-state index in [4.69, 9.17) is 0 Å². The van der Waals surface area contributed by atoms with E-state index in [1.165, 1.54) is 6.26 Å². The second-order valence-electron chi connectivity index (χ2n) is 4.28. The summed E-state index contributed by atoms with van der Waals surface area (Å²) < 4.78 is 24.6. The lowest BCUT2D eigenvalue weighted by Gasteiger charge is -2.16. The van der Waals surface area contributed by atoms with E-state index in [0.717, 1.165) is 5.56 Å². The molecule has 0 aliphatic rings. The van der Waals surface area contributed by atoms with Crippen molar-refractivity contribution in [1.82, 2.24) is 4.68 Å². The fourth-order valence-corrected chi connectivity index (χ4v) is 2.35. The topological polar surface area (TPSA) is 51.1 Å². The molecule has 1 heterocycles. The molecule has 4 nitrogen and oxygen atoms in total. The highest BCUT2D eigenvalue weighted by atomic mass is 32.2. The van der Waals surface area contributed by atoms with Crippen LogP contribution in [0, 0.1) is 0 Å². The smallest absolute Gasteiger partial charge is 0.175 e. The minimum Gasteiger partial charge on any atom is -0.319 e. The van der Waals surface area contributed by atoms with Crippen molar-refractivity contribution in [3.63, 3.8) is 0 Å². The van der Waals surface area contributed by atoms with E-state index >= 15 is 0 Å². The lowest BCUT2D eigenvalue weighted by atomic mass is 10.1. The molecular formula is C13H16N2O2S. The van der Waals surface area contributed by atoms with Crippen molar-refractivity contribution < 1.29 is 8.42 Å². The number of sulfone groups is 1. The maximum Gasteiger partial charge on any atom is 0.175 e. The summed E-state index contributed by atoms with van der Waals surface area (Å²) in [5.41, 5.74) is 4.30. The molecule has 96 valence electrons. The van der Waals surface area contributed by atoms with Gasteiger partial charge in [0, 0.05) is 18.6 Å². The zero-order chi connectivity index (χ0) is 13.2. The summed E-state index contributed by atoms with van der Waals surface area (Å²) in [6, 6.07) is 10.9. The summed E-state index contributed by atoms with van der Waals surface area (Å²) >= 11 is 0. The van der Waals surface area contributed by atoms with Gasteiger partial charge in [0.2, 0.25) is 0 Å². The summed E-state index contributed by atoms with van der Waals surface area (Å²) in [5.74, 6) is 0. The van der Waals surface area contributed by atoms with Crippen LogP contribution in [0.3, 0.4) is 0 Å². The molecule has 0 spiro atoms. The van der Waals surface area contributed by atoms with E-state index < -0.39 is 9.84 Å². The monoisotopic (exact) mass is 264 g/mol. The number of hydrogen-bond donors (Lipinski definition) is 1. The van der Waals surface area contributed by atoms with Crippen LogP contribution in [-0.4, -0.2) is 19.3 Å². The van der Waals surface area contributed by atoms with Crippen molar-refractivity contribution in [2.75, 3.05) is 11.7 Å². The van der Waals surface area contributed by atoms with E-state index in [-0.39, 0.29) is 6.04 Å². The minimum absolute atomic E-state index is 0.103. The number of rotatable bonds is 4. The van der Waals surface area contributed by atoms with Crippen LogP contribution in [0.25, 0.3) is 0 Å². The Bertz CT molecular complexity index is 601. The summed E-state index contributed by atoms with van der Waals surface area (Å²) in [4.78, 5) is 0.347. The SMILES string of the molecule is CC(Nn1cccc1)c1ccc(S(C)(=O)=O)cc1. The molecule has 1 aromatic carbocycles. The van der Waals surface area contributed by atoms with Crippen LogP contribution in [0.2, 0.25) is 0 Å². The van der Waals surface area contributed by atoms with Crippen LogP contribution in [0.15, 0.2) is 53.7 Å². The van der Waals surface area contributed by atoms with Gasteiger partial charge in [-0.25, -0.2) is 8.42 Å². The predicted molar refractivity (Wildman–Crippen MR) is 71.8 cm³/mol. The van der Waals surface area contributed by atoms with Crippen LogP contribution < -0.4 is 5.43 Å². The maximum atomic E-state index is 11.4. The number of aromatic nitrogens is 1. The van der Waals surface area contributed by atoms with Crippen molar-refractivity contribution >= 4 is 9.84 Å². The van der Waals surface area contributed by atoms with Gasteiger partial charge in [0.05, 0.1) is 10.9 Å². The second kappa shape index (κ2) is 4.86. The molecule has 0 bridgehead atoms. The third-order valence-corrected chi connectivity index (χ3v) is 3.88. The molecule has 1 atom stereocenters. The molecule has 2 aromatic rings. The van der Waals surface area contributed by atoms with Crippen LogP contribution in [0.4, 0.5) is 0 Å². The van der Waals surface area contributed by atoms with E-state index in [1.54, 1.807) is 12.1 Å². The third-order valence-electron chi connectivity index (χ3n) is 2.76. The van der Waals surface area contributed by atoms with Gasteiger partial charge in [-0.2, -0.15) is 0 Å². The highest BCUT2D eigenvalue weighted by Crippen LogP contribution is 2.16. The normalized spacial score (nSPS) is 13.2. The molecule has 0 fully saturated rings. The first-order valence-electron chi connectivity index (χ1n) is 5.66. The van der Waals surface area contributed by atoms with Gasteiger partial charge < -0.3 is 5.43 Å². The Kier molecular flexibility index (Phi) is 3.43. The van der Waals surface area contributed by atoms with Crippen LogP contribution in [0.1, 0.15) is 18.5 Å². The summed E-state index contributed by atoms with van der Waals surface area (Å²) in [6.07, 6.45) is 5.05. The van der Waals surface area contributed by atoms with Gasteiger partial charge in [-0.05, 0) is 36.8 Å². The van der Waals surface area contributed by atoms with Gasteiger partial charge in [-0.1, -0.05) is 12.1 Å². The van der Waals surface area contributed by atoms with E-state index in [1.807, 2.05) is 48.3 Å². The first-order valence-corrected chi connectivity index (χ1v) is 7.55. The van der Waals surface area contributed by atoms with E-state index in [2.05, 4.69) is 5.43 Å². The average molecular weight is 264 g/mol. The highest BCUT2D eigenvalue weighted by molar-refractivity contribution is 7.90. The molecule has 0 aliphatic carbocycles. The molecule has 0 saturated carbocycles. The summed E-state index contributed by atoms with van der Waals surface area (Å²) in [6.45, 7) is 2.02. The minimum atomic E-state index is -3.12. The fraction of sp³-hybridized carbons (Fsp3) is 0.231. The van der Waals surface area contributed by atoms with Gasteiger partial charge in [-0.15, -0.1) is 0 Å². The van der Waals surface area contributed by atoms with Gasteiger partial charge in [0.15, 0.2) is 9.84 Å².